The third-order valence-corrected chi connectivity index (χ3v) is 7.04. The standard InChI is InChI=1S/C31H25ClF7NO2/c1-2-19-15-26(11-12-27(19)32)42-25-5-3-4-24(16-25)40(17-21-14-23(31(37,38)39)10-13-28(21)33)29(18-41)20-6-8-22(9-7-20)30(34,35)36/h3-16,29,41H,2,17-18H2,1H3. The Hall–Kier alpha value is -3.76. The van der Waals surface area contributed by atoms with E-state index in [0.29, 0.717) is 46.8 Å². The van der Waals surface area contributed by atoms with Crippen LogP contribution in [0.5, 0.6) is 11.5 Å². The molecule has 0 heterocycles. The Kier molecular flexibility index (Phi) is 9.37. The first kappa shape index (κ1) is 31.2. The number of anilines is 1. The van der Waals surface area contributed by atoms with E-state index in [1.807, 2.05) is 6.92 Å². The first-order chi connectivity index (χ1) is 19.8. The highest BCUT2D eigenvalue weighted by Crippen LogP contribution is 2.37. The van der Waals surface area contributed by atoms with Crippen molar-refractivity contribution in [1.82, 2.24) is 0 Å². The van der Waals surface area contributed by atoms with Crippen molar-refractivity contribution < 1.29 is 40.6 Å². The van der Waals surface area contributed by atoms with Crippen molar-refractivity contribution in [3.63, 3.8) is 0 Å². The van der Waals surface area contributed by atoms with Crippen LogP contribution in [0.2, 0.25) is 5.02 Å². The number of nitrogens with zero attached hydrogens (tertiary/aromatic N) is 1. The average Bonchev–Trinajstić information content (AvgIpc) is 2.94. The maximum absolute atomic E-state index is 14.8. The SMILES string of the molecule is CCc1cc(Oc2cccc(N(Cc3cc(C(F)(F)F)ccc3F)C(CO)c3ccc(C(F)(F)F)cc3)c2)ccc1Cl. The summed E-state index contributed by atoms with van der Waals surface area (Å²) in [5.41, 5.74) is -0.924. The van der Waals surface area contributed by atoms with Crippen LogP contribution in [-0.4, -0.2) is 11.7 Å². The van der Waals surface area contributed by atoms with Crippen molar-refractivity contribution in [2.75, 3.05) is 11.5 Å². The van der Waals surface area contributed by atoms with Crippen LogP contribution < -0.4 is 9.64 Å². The Morgan fingerprint density at radius 2 is 1.43 bits per heavy atom. The van der Waals surface area contributed by atoms with Gasteiger partial charge in [-0.15, -0.1) is 0 Å². The molecule has 1 unspecified atom stereocenters. The fraction of sp³-hybridized carbons (Fsp3) is 0.226. The van der Waals surface area contributed by atoms with Gasteiger partial charge >= 0.3 is 12.4 Å². The number of halogens is 8. The maximum atomic E-state index is 14.8. The molecular weight excluding hydrogens is 587 g/mol. The van der Waals surface area contributed by atoms with Crippen molar-refractivity contribution in [2.45, 2.75) is 38.3 Å². The zero-order valence-electron chi connectivity index (χ0n) is 22.1. The number of rotatable bonds is 9. The van der Waals surface area contributed by atoms with Gasteiger partial charge in [0.1, 0.15) is 17.3 Å². The summed E-state index contributed by atoms with van der Waals surface area (Å²) in [5.74, 6) is -0.140. The average molecular weight is 612 g/mol. The van der Waals surface area contributed by atoms with Crippen LogP contribution in [0.1, 0.15) is 40.8 Å². The Morgan fingerprint density at radius 3 is 2.05 bits per heavy atom. The molecular formula is C31H25ClF7NO2. The molecule has 4 aromatic carbocycles. The fourth-order valence-corrected chi connectivity index (χ4v) is 4.71. The lowest BCUT2D eigenvalue weighted by Gasteiger charge is -2.34. The predicted octanol–water partition coefficient (Wildman–Crippen LogP) is 9.61. The molecule has 0 aromatic heterocycles. The van der Waals surface area contributed by atoms with E-state index in [9.17, 15) is 35.8 Å². The number of aliphatic hydroxyl groups is 1. The highest BCUT2D eigenvalue weighted by atomic mass is 35.5. The smallest absolute Gasteiger partial charge is 0.416 e. The number of hydrogen-bond donors (Lipinski definition) is 1. The molecule has 42 heavy (non-hydrogen) atoms. The van der Waals surface area contributed by atoms with Crippen molar-refractivity contribution in [2.24, 2.45) is 0 Å². The summed E-state index contributed by atoms with van der Waals surface area (Å²) in [6.07, 6.45) is -8.68. The van der Waals surface area contributed by atoms with Crippen molar-refractivity contribution in [3.8, 4) is 11.5 Å². The Balaban J connectivity index is 1.77. The molecule has 4 aromatic rings. The number of hydrogen-bond acceptors (Lipinski definition) is 3. The second kappa shape index (κ2) is 12.6. The minimum absolute atomic E-state index is 0.231. The molecule has 0 saturated heterocycles. The summed E-state index contributed by atoms with van der Waals surface area (Å²) >= 11 is 6.19. The van der Waals surface area contributed by atoms with E-state index < -0.39 is 48.5 Å². The first-order valence-electron chi connectivity index (χ1n) is 12.8. The molecule has 0 saturated carbocycles. The molecule has 4 rings (SSSR count). The van der Waals surface area contributed by atoms with Gasteiger partial charge in [0.25, 0.3) is 0 Å². The molecule has 222 valence electrons. The first-order valence-corrected chi connectivity index (χ1v) is 13.1. The van der Waals surface area contributed by atoms with E-state index >= 15 is 0 Å². The van der Waals surface area contributed by atoms with Crippen LogP contribution >= 0.6 is 11.6 Å². The Labute approximate surface area is 242 Å². The molecule has 0 fully saturated rings. The van der Waals surface area contributed by atoms with Gasteiger partial charge in [-0.05, 0) is 78.2 Å². The van der Waals surface area contributed by atoms with E-state index in [-0.39, 0.29) is 11.1 Å². The van der Waals surface area contributed by atoms with E-state index in [1.54, 1.807) is 42.5 Å². The third kappa shape index (κ3) is 7.35. The van der Waals surface area contributed by atoms with E-state index in [4.69, 9.17) is 16.3 Å². The number of ether oxygens (including phenoxy) is 1. The highest BCUT2D eigenvalue weighted by Gasteiger charge is 2.33. The van der Waals surface area contributed by atoms with Crippen LogP contribution in [0.15, 0.2) is 84.9 Å². The Morgan fingerprint density at radius 1 is 0.786 bits per heavy atom. The monoisotopic (exact) mass is 611 g/mol. The topological polar surface area (TPSA) is 32.7 Å². The normalized spacial score (nSPS) is 12.7. The minimum atomic E-state index is -4.74. The molecule has 0 aliphatic heterocycles. The lowest BCUT2D eigenvalue weighted by molar-refractivity contribution is -0.138. The summed E-state index contributed by atoms with van der Waals surface area (Å²) in [7, 11) is 0. The molecule has 3 nitrogen and oxygen atoms in total. The van der Waals surface area contributed by atoms with Gasteiger partial charge in [0.05, 0.1) is 23.8 Å². The quantitative estimate of drug-likeness (QED) is 0.191. The van der Waals surface area contributed by atoms with Crippen LogP contribution in [0, 0.1) is 5.82 Å². The second-order valence-electron chi connectivity index (χ2n) is 9.46. The summed E-state index contributed by atoms with van der Waals surface area (Å²) in [4.78, 5) is 1.41. The third-order valence-electron chi connectivity index (χ3n) is 6.67. The number of aryl methyl sites for hydroxylation is 1. The second-order valence-corrected chi connectivity index (χ2v) is 9.86. The van der Waals surface area contributed by atoms with Gasteiger partial charge < -0.3 is 14.7 Å². The molecule has 0 aliphatic rings. The summed E-state index contributed by atoms with van der Waals surface area (Å²) in [6, 6.07) is 16.4. The predicted molar refractivity (Wildman–Crippen MR) is 146 cm³/mol. The van der Waals surface area contributed by atoms with Gasteiger partial charge in [-0.2, -0.15) is 26.3 Å². The molecule has 11 heteroatoms. The molecule has 0 bridgehead atoms. The van der Waals surface area contributed by atoms with E-state index in [1.165, 1.54) is 17.0 Å². The van der Waals surface area contributed by atoms with Gasteiger partial charge in [0.15, 0.2) is 0 Å². The summed E-state index contributed by atoms with van der Waals surface area (Å²) in [6.45, 7) is 0.827. The van der Waals surface area contributed by atoms with Gasteiger partial charge in [-0.3, -0.25) is 0 Å². The van der Waals surface area contributed by atoms with E-state index in [0.717, 1.165) is 17.7 Å². The molecule has 0 amide bonds. The van der Waals surface area contributed by atoms with Crippen molar-refractivity contribution in [1.29, 1.82) is 0 Å². The number of alkyl halides is 6. The van der Waals surface area contributed by atoms with Gasteiger partial charge in [0, 0.05) is 28.9 Å². The largest absolute Gasteiger partial charge is 0.457 e. The molecule has 1 atom stereocenters. The Bertz CT molecular complexity index is 1520. The number of aliphatic hydroxyl groups excluding tert-OH is 1. The van der Waals surface area contributed by atoms with Gasteiger partial charge in [-0.1, -0.05) is 36.7 Å². The van der Waals surface area contributed by atoms with Crippen LogP contribution in [0.3, 0.4) is 0 Å². The van der Waals surface area contributed by atoms with Gasteiger partial charge in [-0.25, -0.2) is 4.39 Å². The van der Waals surface area contributed by atoms with Crippen LogP contribution in [0.4, 0.5) is 36.4 Å². The molecule has 1 N–H and O–H groups in total. The highest BCUT2D eigenvalue weighted by molar-refractivity contribution is 6.31. The lowest BCUT2D eigenvalue weighted by atomic mass is 10.0. The van der Waals surface area contributed by atoms with Gasteiger partial charge in [0.2, 0.25) is 0 Å². The zero-order chi connectivity index (χ0) is 30.7. The lowest BCUT2D eigenvalue weighted by Crippen LogP contribution is -2.31. The molecule has 0 radical (unpaired) electrons. The molecule has 0 aliphatic carbocycles. The van der Waals surface area contributed by atoms with Crippen LogP contribution in [0.25, 0.3) is 0 Å². The van der Waals surface area contributed by atoms with Crippen molar-refractivity contribution in [3.05, 3.63) is 124 Å². The van der Waals surface area contributed by atoms with E-state index in [2.05, 4.69) is 0 Å². The summed E-state index contributed by atoms with van der Waals surface area (Å²) < 4.78 is 101. The van der Waals surface area contributed by atoms with Crippen LogP contribution in [-0.2, 0) is 25.3 Å². The zero-order valence-corrected chi connectivity index (χ0v) is 22.9. The fourth-order valence-electron chi connectivity index (χ4n) is 4.46. The maximum Gasteiger partial charge on any atom is 0.416 e. The summed E-state index contributed by atoms with van der Waals surface area (Å²) in [5, 5.41) is 10.9. The number of benzene rings is 4. The van der Waals surface area contributed by atoms with Crippen molar-refractivity contribution >= 4 is 17.3 Å². The molecule has 0 spiro atoms. The minimum Gasteiger partial charge on any atom is -0.457 e.